The molecule has 0 aliphatic heterocycles. The van der Waals surface area contributed by atoms with Gasteiger partial charge in [0.2, 0.25) is 0 Å². The van der Waals surface area contributed by atoms with Crippen molar-refractivity contribution in [2.75, 3.05) is 0 Å². The Kier molecular flexibility index (Phi) is 4.38. The van der Waals surface area contributed by atoms with Gasteiger partial charge in [0.15, 0.2) is 0 Å². The molecule has 0 aliphatic rings. The Morgan fingerprint density at radius 1 is 1.00 bits per heavy atom. The minimum atomic E-state index is -0.319. The van der Waals surface area contributed by atoms with Crippen LogP contribution in [0.5, 0.6) is 11.5 Å². The van der Waals surface area contributed by atoms with Crippen LogP contribution in [0.3, 0.4) is 0 Å². The standard InChI is InChI=1S/C18H14FNO3/c19-14-5-9-16(10-6-14)23-15-7-3-13(4-8-15)18(21)20-12-17-2-1-11-22-17/h1-11H,12H2,(H,20,21). The molecule has 1 amide bonds. The third-order valence-electron chi connectivity index (χ3n) is 3.17. The largest absolute Gasteiger partial charge is 0.467 e. The Morgan fingerprint density at radius 2 is 1.65 bits per heavy atom. The fraction of sp³-hybridized carbons (Fsp3) is 0.0556. The van der Waals surface area contributed by atoms with Crippen LogP contribution in [0.15, 0.2) is 71.3 Å². The molecule has 1 N–H and O–H groups in total. The number of rotatable bonds is 5. The summed E-state index contributed by atoms with van der Waals surface area (Å²) in [7, 11) is 0. The van der Waals surface area contributed by atoms with Gasteiger partial charge in [-0.15, -0.1) is 0 Å². The summed E-state index contributed by atoms with van der Waals surface area (Å²) in [5.41, 5.74) is 0.517. The molecule has 0 atom stereocenters. The van der Waals surface area contributed by atoms with Crippen molar-refractivity contribution >= 4 is 5.91 Å². The minimum absolute atomic E-state index is 0.199. The molecule has 3 rings (SSSR count). The zero-order valence-electron chi connectivity index (χ0n) is 12.2. The molecular weight excluding hydrogens is 297 g/mol. The summed E-state index contributed by atoms with van der Waals surface area (Å²) in [5.74, 6) is 1.27. The van der Waals surface area contributed by atoms with Crippen molar-refractivity contribution in [1.29, 1.82) is 0 Å². The van der Waals surface area contributed by atoms with Crippen LogP contribution >= 0.6 is 0 Å². The van der Waals surface area contributed by atoms with E-state index in [0.29, 0.717) is 29.4 Å². The van der Waals surface area contributed by atoms with Crippen molar-refractivity contribution in [3.63, 3.8) is 0 Å². The highest BCUT2D eigenvalue weighted by Crippen LogP contribution is 2.21. The average Bonchev–Trinajstić information content (AvgIpc) is 3.09. The maximum absolute atomic E-state index is 12.8. The van der Waals surface area contributed by atoms with Crippen molar-refractivity contribution in [2.45, 2.75) is 6.54 Å². The zero-order chi connectivity index (χ0) is 16.1. The Balaban J connectivity index is 1.59. The Labute approximate surface area is 132 Å². The number of hydrogen-bond acceptors (Lipinski definition) is 3. The molecular formula is C18H14FNO3. The number of carbonyl (C=O) groups excluding carboxylic acids is 1. The van der Waals surface area contributed by atoms with Crippen LogP contribution in [0.1, 0.15) is 16.1 Å². The molecule has 3 aromatic rings. The van der Waals surface area contributed by atoms with E-state index in [-0.39, 0.29) is 11.7 Å². The summed E-state index contributed by atoms with van der Waals surface area (Å²) in [5, 5.41) is 2.76. The van der Waals surface area contributed by atoms with Crippen LogP contribution < -0.4 is 10.1 Å². The van der Waals surface area contributed by atoms with Gasteiger partial charge in [-0.05, 0) is 60.7 Å². The van der Waals surface area contributed by atoms with Crippen LogP contribution in [0.25, 0.3) is 0 Å². The second-order valence-corrected chi connectivity index (χ2v) is 4.84. The third-order valence-corrected chi connectivity index (χ3v) is 3.17. The molecule has 0 aliphatic carbocycles. The number of hydrogen-bond donors (Lipinski definition) is 1. The Hall–Kier alpha value is -3.08. The van der Waals surface area contributed by atoms with Crippen LogP contribution in [0.2, 0.25) is 0 Å². The quantitative estimate of drug-likeness (QED) is 0.770. The van der Waals surface area contributed by atoms with E-state index in [2.05, 4.69) is 5.32 Å². The maximum atomic E-state index is 12.8. The van der Waals surface area contributed by atoms with Crippen molar-refractivity contribution in [3.05, 3.63) is 84.1 Å². The Morgan fingerprint density at radius 3 is 2.26 bits per heavy atom. The van der Waals surface area contributed by atoms with E-state index in [1.165, 1.54) is 12.1 Å². The molecule has 0 unspecified atom stereocenters. The molecule has 0 radical (unpaired) electrons. The SMILES string of the molecule is O=C(NCc1ccco1)c1ccc(Oc2ccc(F)cc2)cc1. The highest BCUT2D eigenvalue weighted by molar-refractivity contribution is 5.94. The second-order valence-electron chi connectivity index (χ2n) is 4.84. The summed E-state index contributed by atoms with van der Waals surface area (Å²) in [6.45, 7) is 0.333. The van der Waals surface area contributed by atoms with E-state index in [1.807, 2.05) is 0 Å². The van der Waals surface area contributed by atoms with Crippen LogP contribution in [0, 0.1) is 5.82 Å². The first-order valence-corrected chi connectivity index (χ1v) is 7.05. The predicted molar refractivity (Wildman–Crippen MR) is 82.8 cm³/mol. The molecule has 0 fully saturated rings. The molecule has 23 heavy (non-hydrogen) atoms. The second kappa shape index (κ2) is 6.79. The molecule has 0 saturated carbocycles. The van der Waals surface area contributed by atoms with Crippen molar-refractivity contribution in [2.24, 2.45) is 0 Å². The summed E-state index contributed by atoms with van der Waals surface area (Å²) >= 11 is 0. The van der Waals surface area contributed by atoms with Gasteiger partial charge in [-0.1, -0.05) is 0 Å². The normalized spacial score (nSPS) is 10.3. The molecule has 0 bridgehead atoms. The third kappa shape index (κ3) is 3.97. The van der Waals surface area contributed by atoms with Gasteiger partial charge in [0, 0.05) is 5.56 Å². The molecule has 0 saturated heterocycles. The lowest BCUT2D eigenvalue weighted by Gasteiger charge is -2.07. The van der Waals surface area contributed by atoms with Gasteiger partial charge >= 0.3 is 0 Å². The van der Waals surface area contributed by atoms with E-state index in [9.17, 15) is 9.18 Å². The molecule has 1 aromatic heterocycles. The topological polar surface area (TPSA) is 51.5 Å². The molecule has 2 aromatic carbocycles. The first kappa shape index (κ1) is 14.8. The number of ether oxygens (including phenoxy) is 1. The van der Waals surface area contributed by atoms with E-state index >= 15 is 0 Å². The van der Waals surface area contributed by atoms with E-state index in [4.69, 9.17) is 9.15 Å². The van der Waals surface area contributed by atoms with Crippen LogP contribution in [-0.4, -0.2) is 5.91 Å². The molecule has 1 heterocycles. The van der Waals surface area contributed by atoms with Gasteiger partial charge in [0.1, 0.15) is 23.1 Å². The van der Waals surface area contributed by atoms with Crippen molar-refractivity contribution < 1.29 is 18.3 Å². The molecule has 4 nitrogen and oxygen atoms in total. The first-order chi connectivity index (χ1) is 11.2. The van der Waals surface area contributed by atoms with Crippen molar-refractivity contribution in [1.82, 2.24) is 5.32 Å². The molecule has 116 valence electrons. The lowest BCUT2D eigenvalue weighted by atomic mass is 10.2. The zero-order valence-corrected chi connectivity index (χ0v) is 12.2. The van der Waals surface area contributed by atoms with Crippen molar-refractivity contribution in [3.8, 4) is 11.5 Å². The van der Waals surface area contributed by atoms with Gasteiger partial charge < -0.3 is 14.5 Å². The molecule has 0 spiro atoms. The summed E-state index contributed by atoms with van der Waals surface area (Å²) in [4.78, 5) is 12.0. The summed E-state index contributed by atoms with van der Waals surface area (Å²) in [6.07, 6.45) is 1.56. The first-order valence-electron chi connectivity index (χ1n) is 7.05. The predicted octanol–water partition coefficient (Wildman–Crippen LogP) is 4.14. The number of amides is 1. The van der Waals surface area contributed by atoms with Gasteiger partial charge in [-0.25, -0.2) is 4.39 Å². The summed E-state index contributed by atoms with van der Waals surface area (Å²) < 4.78 is 23.6. The van der Waals surface area contributed by atoms with Gasteiger partial charge in [0.25, 0.3) is 5.91 Å². The number of halogens is 1. The van der Waals surface area contributed by atoms with Crippen LogP contribution in [-0.2, 0) is 6.54 Å². The number of furan rings is 1. The average molecular weight is 311 g/mol. The fourth-order valence-electron chi connectivity index (χ4n) is 2.00. The highest BCUT2D eigenvalue weighted by atomic mass is 19.1. The van der Waals surface area contributed by atoms with Gasteiger partial charge in [-0.2, -0.15) is 0 Å². The smallest absolute Gasteiger partial charge is 0.251 e. The lowest BCUT2D eigenvalue weighted by molar-refractivity contribution is 0.0948. The minimum Gasteiger partial charge on any atom is -0.467 e. The van der Waals surface area contributed by atoms with E-state index < -0.39 is 0 Å². The number of carbonyl (C=O) groups is 1. The van der Waals surface area contributed by atoms with Crippen LogP contribution in [0.4, 0.5) is 4.39 Å². The van der Waals surface area contributed by atoms with Gasteiger partial charge in [0.05, 0.1) is 12.8 Å². The maximum Gasteiger partial charge on any atom is 0.251 e. The number of benzene rings is 2. The lowest BCUT2D eigenvalue weighted by Crippen LogP contribution is -2.22. The Bertz CT molecular complexity index is 765. The molecule has 5 heteroatoms. The van der Waals surface area contributed by atoms with E-state index in [1.54, 1.807) is 54.8 Å². The van der Waals surface area contributed by atoms with Gasteiger partial charge in [-0.3, -0.25) is 4.79 Å². The summed E-state index contributed by atoms with van der Waals surface area (Å²) in [6, 6.07) is 16.0. The van der Waals surface area contributed by atoms with E-state index in [0.717, 1.165) is 0 Å². The fourth-order valence-corrected chi connectivity index (χ4v) is 2.00. The monoisotopic (exact) mass is 311 g/mol. The highest BCUT2D eigenvalue weighted by Gasteiger charge is 2.07. The number of nitrogens with one attached hydrogen (secondary N) is 1.